The van der Waals surface area contributed by atoms with E-state index in [1.807, 2.05) is 0 Å². The summed E-state index contributed by atoms with van der Waals surface area (Å²) in [6, 6.07) is 6.67. The van der Waals surface area contributed by atoms with Gasteiger partial charge in [-0.05, 0) is 6.07 Å². The van der Waals surface area contributed by atoms with Crippen LogP contribution in [-0.4, -0.2) is 24.0 Å². The summed E-state index contributed by atoms with van der Waals surface area (Å²) < 4.78 is 5.06. The molecule has 1 aromatic rings. The van der Waals surface area contributed by atoms with Gasteiger partial charge < -0.3 is 9.84 Å². The fourth-order valence-corrected chi connectivity index (χ4v) is 1.55. The van der Waals surface area contributed by atoms with E-state index in [0.29, 0.717) is 11.3 Å². The number of carbonyl (C=O) groups excluding carboxylic acids is 1. The van der Waals surface area contributed by atoms with Crippen molar-refractivity contribution in [1.29, 1.82) is 0 Å². The quantitative estimate of drug-likeness (QED) is 0.772. The van der Waals surface area contributed by atoms with Crippen LogP contribution in [0.2, 0.25) is 0 Å². The van der Waals surface area contributed by atoms with Gasteiger partial charge in [-0.25, -0.2) is 0 Å². The number of aliphatic carboxylic acids is 1. The van der Waals surface area contributed by atoms with Crippen LogP contribution in [0.25, 0.3) is 0 Å². The average Bonchev–Trinajstić information content (AvgIpc) is 2.29. The number of carboxylic acids is 1. The monoisotopic (exact) mass is 222 g/mol. The van der Waals surface area contributed by atoms with E-state index in [-0.39, 0.29) is 12.2 Å². The lowest BCUT2D eigenvalue weighted by atomic mass is 9.92. The molecule has 1 rings (SSSR count). The number of hydrogen-bond donors (Lipinski definition) is 1. The summed E-state index contributed by atoms with van der Waals surface area (Å²) in [4.78, 5) is 22.7. The van der Waals surface area contributed by atoms with E-state index in [0.717, 1.165) is 0 Å². The van der Waals surface area contributed by atoms with Crippen LogP contribution in [0.3, 0.4) is 0 Å². The van der Waals surface area contributed by atoms with E-state index in [4.69, 9.17) is 9.84 Å². The van der Waals surface area contributed by atoms with Crippen LogP contribution in [0.1, 0.15) is 24.8 Å². The molecule has 4 nitrogen and oxygen atoms in total. The first-order valence-electron chi connectivity index (χ1n) is 5.00. The Morgan fingerprint density at radius 2 is 2.00 bits per heavy atom. The van der Waals surface area contributed by atoms with Gasteiger partial charge in [0, 0.05) is 12.0 Å². The fourth-order valence-electron chi connectivity index (χ4n) is 1.55. The van der Waals surface area contributed by atoms with E-state index in [2.05, 4.69) is 0 Å². The lowest BCUT2D eigenvalue weighted by molar-refractivity contribution is -0.142. The van der Waals surface area contributed by atoms with Gasteiger partial charge in [-0.15, -0.1) is 0 Å². The molecule has 4 heteroatoms. The molecule has 1 unspecified atom stereocenters. The average molecular weight is 222 g/mol. The number of rotatable bonds is 5. The highest BCUT2D eigenvalue weighted by atomic mass is 16.5. The molecule has 1 aromatic carbocycles. The second-order valence-electron chi connectivity index (χ2n) is 3.33. The maximum Gasteiger partial charge on any atom is 0.318 e. The minimum absolute atomic E-state index is 0.189. The largest absolute Gasteiger partial charge is 0.496 e. The normalized spacial score (nSPS) is 11.9. The summed E-state index contributed by atoms with van der Waals surface area (Å²) >= 11 is 0. The van der Waals surface area contributed by atoms with Crippen molar-refractivity contribution in [2.24, 2.45) is 0 Å². The molecule has 0 aliphatic rings. The zero-order chi connectivity index (χ0) is 12.1. The first-order chi connectivity index (χ1) is 7.61. The molecule has 0 heterocycles. The minimum Gasteiger partial charge on any atom is -0.496 e. The molecule has 0 fully saturated rings. The van der Waals surface area contributed by atoms with Gasteiger partial charge in [-0.2, -0.15) is 0 Å². The Bertz CT molecular complexity index is 398. The van der Waals surface area contributed by atoms with Crippen LogP contribution in [0.5, 0.6) is 5.75 Å². The van der Waals surface area contributed by atoms with Crippen LogP contribution < -0.4 is 4.74 Å². The van der Waals surface area contributed by atoms with Gasteiger partial charge in [0.1, 0.15) is 11.7 Å². The summed E-state index contributed by atoms with van der Waals surface area (Å²) in [6.45, 7) is 1.65. The lowest BCUT2D eigenvalue weighted by Crippen LogP contribution is -2.21. The van der Waals surface area contributed by atoms with Crippen LogP contribution in [0.15, 0.2) is 24.3 Å². The van der Waals surface area contributed by atoms with Gasteiger partial charge in [-0.1, -0.05) is 25.1 Å². The molecule has 1 atom stereocenters. The smallest absolute Gasteiger partial charge is 0.318 e. The van der Waals surface area contributed by atoms with Crippen LogP contribution in [0, 0.1) is 0 Å². The number of carbonyl (C=O) groups is 2. The zero-order valence-electron chi connectivity index (χ0n) is 9.27. The van der Waals surface area contributed by atoms with E-state index in [9.17, 15) is 9.59 Å². The molecule has 0 radical (unpaired) electrons. The maximum atomic E-state index is 11.6. The van der Waals surface area contributed by atoms with Gasteiger partial charge in [0.15, 0.2) is 5.78 Å². The van der Waals surface area contributed by atoms with Crippen molar-refractivity contribution >= 4 is 11.8 Å². The van der Waals surface area contributed by atoms with Crippen molar-refractivity contribution in [2.75, 3.05) is 7.11 Å². The third-order valence-electron chi connectivity index (χ3n) is 2.37. The standard InChI is InChI=1S/C12H14O4/c1-3-9(13)11(12(14)15)8-6-4-5-7-10(8)16-2/h4-7,11H,3H2,1-2H3,(H,14,15). The molecule has 0 spiro atoms. The second-order valence-corrected chi connectivity index (χ2v) is 3.33. The Balaban J connectivity index is 3.20. The summed E-state index contributed by atoms with van der Waals surface area (Å²) in [5, 5.41) is 9.07. The predicted molar refractivity (Wildman–Crippen MR) is 58.7 cm³/mol. The number of methoxy groups -OCH3 is 1. The van der Waals surface area contributed by atoms with Crippen LogP contribution in [-0.2, 0) is 9.59 Å². The predicted octanol–water partition coefficient (Wildman–Crippen LogP) is 1.84. The molecule has 0 aromatic heterocycles. The van der Waals surface area contributed by atoms with Crippen molar-refractivity contribution in [2.45, 2.75) is 19.3 Å². The second kappa shape index (κ2) is 5.30. The van der Waals surface area contributed by atoms with Gasteiger partial charge in [0.25, 0.3) is 0 Å². The summed E-state index contributed by atoms with van der Waals surface area (Å²) in [7, 11) is 1.45. The number of ether oxygens (including phenoxy) is 1. The maximum absolute atomic E-state index is 11.6. The van der Waals surface area contributed by atoms with Gasteiger partial charge in [-0.3, -0.25) is 9.59 Å². The molecule has 0 saturated heterocycles. The molecule has 0 amide bonds. The lowest BCUT2D eigenvalue weighted by Gasteiger charge is -2.14. The summed E-state index contributed by atoms with van der Waals surface area (Å²) in [5.74, 6) is -2.17. The summed E-state index contributed by atoms with van der Waals surface area (Å²) in [5.41, 5.74) is 0.407. The Morgan fingerprint density at radius 3 is 2.50 bits per heavy atom. The molecule has 86 valence electrons. The van der Waals surface area contributed by atoms with Crippen LogP contribution >= 0.6 is 0 Å². The van der Waals surface area contributed by atoms with Gasteiger partial charge >= 0.3 is 5.97 Å². The number of Topliss-reactive ketones (excluding diaryl/α,β-unsaturated/α-hetero) is 1. The minimum atomic E-state index is -1.14. The third kappa shape index (κ3) is 2.39. The molecular weight excluding hydrogens is 208 g/mol. The molecule has 0 aliphatic heterocycles. The number of ketones is 1. The first-order valence-corrected chi connectivity index (χ1v) is 5.00. The SMILES string of the molecule is CCC(=O)C(C(=O)O)c1ccccc1OC. The highest BCUT2D eigenvalue weighted by molar-refractivity contribution is 6.04. The van der Waals surface area contributed by atoms with E-state index >= 15 is 0 Å². The number of carboxylic acid groups (broad SMARTS) is 1. The fraction of sp³-hybridized carbons (Fsp3) is 0.333. The molecule has 1 N–H and O–H groups in total. The molecule has 16 heavy (non-hydrogen) atoms. The van der Waals surface area contributed by atoms with Gasteiger partial charge in [0.2, 0.25) is 0 Å². The van der Waals surface area contributed by atoms with Crippen molar-refractivity contribution in [3.05, 3.63) is 29.8 Å². The highest BCUT2D eigenvalue weighted by Crippen LogP contribution is 2.28. The van der Waals surface area contributed by atoms with Crippen LogP contribution in [0.4, 0.5) is 0 Å². The topological polar surface area (TPSA) is 63.6 Å². The zero-order valence-corrected chi connectivity index (χ0v) is 9.27. The Hall–Kier alpha value is -1.84. The molecular formula is C12H14O4. The van der Waals surface area contributed by atoms with Crippen molar-refractivity contribution in [3.63, 3.8) is 0 Å². The molecule has 0 bridgehead atoms. The number of para-hydroxylation sites is 1. The van der Waals surface area contributed by atoms with Crippen molar-refractivity contribution < 1.29 is 19.4 Å². The Kier molecular flexibility index (Phi) is 4.05. The van der Waals surface area contributed by atoms with Crippen molar-refractivity contribution in [1.82, 2.24) is 0 Å². The molecule has 0 aliphatic carbocycles. The first kappa shape index (κ1) is 12.2. The number of hydrogen-bond acceptors (Lipinski definition) is 3. The van der Waals surface area contributed by atoms with E-state index < -0.39 is 11.9 Å². The Labute approximate surface area is 93.9 Å². The molecule has 0 saturated carbocycles. The van der Waals surface area contributed by atoms with E-state index in [1.165, 1.54) is 7.11 Å². The summed E-state index contributed by atoms with van der Waals surface area (Å²) in [6.07, 6.45) is 0.189. The van der Waals surface area contributed by atoms with Gasteiger partial charge in [0.05, 0.1) is 7.11 Å². The third-order valence-corrected chi connectivity index (χ3v) is 2.37. The Morgan fingerprint density at radius 1 is 1.38 bits per heavy atom. The van der Waals surface area contributed by atoms with E-state index in [1.54, 1.807) is 31.2 Å². The number of benzene rings is 1. The highest BCUT2D eigenvalue weighted by Gasteiger charge is 2.29. The van der Waals surface area contributed by atoms with Crippen molar-refractivity contribution in [3.8, 4) is 5.75 Å².